The minimum Gasteiger partial charge on any atom is -0.496 e. The number of benzene rings is 2. The van der Waals surface area contributed by atoms with Crippen molar-refractivity contribution in [3.8, 4) is 5.75 Å². The predicted octanol–water partition coefficient (Wildman–Crippen LogP) is 3.17. The van der Waals surface area contributed by atoms with Gasteiger partial charge in [-0.1, -0.05) is 24.3 Å². The fourth-order valence-corrected chi connectivity index (χ4v) is 2.35. The highest BCUT2D eigenvalue weighted by molar-refractivity contribution is 5.98. The number of ether oxygens (including phenoxy) is 1. The normalized spacial score (nSPS) is 10.4. The molecule has 0 aliphatic rings. The molecule has 0 bridgehead atoms. The van der Waals surface area contributed by atoms with Crippen LogP contribution in [0.5, 0.6) is 5.75 Å². The Kier molecular flexibility index (Phi) is 4.01. The second-order valence-corrected chi connectivity index (χ2v) is 4.93. The lowest BCUT2D eigenvalue weighted by atomic mass is 10.1. The third-order valence-electron chi connectivity index (χ3n) is 3.53. The Bertz CT molecular complexity index is 815. The second kappa shape index (κ2) is 6.26. The van der Waals surface area contributed by atoms with E-state index >= 15 is 0 Å². The monoisotopic (exact) mass is 292 g/mol. The van der Waals surface area contributed by atoms with Crippen molar-refractivity contribution in [2.75, 3.05) is 7.11 Å². The zero-order valence-electron chi connectivity index (χ0n) is 12.2. The molecule has 0 saturated heterocycles. The molecule has 2 aromatic carbocycles. The van der Waals surface area contributed by atoms with E-state index in [1.165, 1.54) is 0 Å². The van der Waals surface area contributed by atoms with Crippen LogP contribution >= 0.6 is 0 Å². The number of hydrogen-bond donors (Lipinski definition) is 1. The Morgan fingerprint density at radius 1 is 1.14 bits per heavy atom. The van der Waals surface area contributed by atoms with Crippen molar-refractivity contribution in [1.29, 1.82) is 0 Å². The number of amides is 1. The number of hydrogen-bond acceptors (Lipinski definition) is 3. The van der Waals surface area contributed by atoms with Crippen molar-refractivity contribution >= 4 is 16.7 Å². The summed E-state index contributed by atoms with van der Waals surface area (Å²) in [6.45, 7) is 0.428. The van der Waals surface area contributed by atoms with Crippen molar-refractivity contribution in [3.05, 3.63) is 72.1 Å². The molecule has 110 valence electrons. The lowest BCUT2D eigenvalue weighted by Crippen LogP contribution is -2.23. The fourth-order valence-electron chi connectivity index (χ4n) is 2.35. The Labute approximate surface area is 128 Å². The van der Waals surface area contributed by atoms with Gasteiger partial charge in [-0.15, -0.1) is 0 Å². The molecule has 0 aliphatic heterocycles. The van der Waals surface area contributed by atoms with Crippen molar-refractivity contribution in [2.24, 2.45) is 0 Å². The van der Waals surface area contributed by atoms with Crippen LogP contribution < -0.4 is 10.1 Å². The first kappa shape index (κ1) is 14.1. The molecule has 4 nitrogen and oxygen atoms in total. The van der Waals surface area contributed by atoms with Gasteiger partial charge in [0.1, 0.15) is 5.75 Å². The van der Waals surface area contributed by atoms with Gasteiger partial charge in [-0.05, 0) is 29.7 Å². The van der Waals surface area contributed by atoms with Crippen molar-refractivity contribution in [3.63, 3.8) is 0 Å². The molecule has 4 heteroatoms. The summed E-state index contributed by atoms with van der Waals surface area (Å²) in [5.74, 6) is 0.664. The smallest absolute Gasteiger partial charge is 0.251 e. The summed E-state index contributed by atoms with van der Waals surface area (Å²) >= 11 is 0. The van der Waals surface area contributed by atoms with E-state index in [2.05, 4.69) is 10.3 Å². The molecule has 1 amide bonds. The topological polar surface area (TPSA) is 51.2 Å². The van der Waals surface area contributed by atoms with E-state index in [9.17, 15) is 4.79 Å². The molecular weight excluding hydrogens is 276 g/mol. The quantitative estimate of drug-likeness (QED) is 0.803. The number of rotatable bonds is 4. The van der Waals surface area contributed by atoms with Gasteiger partial charge in [-0.25, -0.2) is 0 Å². The first-order valence-corrected chi connectivity index (χ1v) is 7.02. The molecule has 22 heavy (non-hydrogen) atoms. The Balaban J connectivity index is 1.75. The Morgan fingerprint density at radius 3 is 2.86 bits per heavy atom. The van der Waals surface area contributed by atoms with Crippen LogP contribution in [-0.4, -0.2) is 18.0 Å². The first-order chi connectivity index (χ1) is 10.8. The molecular formula is C18H16N2O2. The van der Waals surface area contributed by atoms with Gasteiger partial charge in [0.25, 0.3) is 5.91 Å². The summed E-state index contributed by atoms with van der Waals surface area (Å²) < 4.78 is 5.28. The van der Waals surface area contributed by atoms with Crippen LogP contribution in [0.3, 0.4) is 0 Å². The summed E-state index contributed by atoms with van der Waals surface area (Å²) in [4.78, 5) is 16.4. The van der Waals surface area contributed by atoms with Crippen LogP contribution in [0, 0.1) is 0 Å². The molecule has 3 rings (SSSR count). The van der Waals surface area contributed by atoms with Crippen LogP contribution in [0.1, 0.15) is 15.9 Å². The highest BCUT2D eigenvalue weighted by Gasteiger charge is 2.08. The second-order valence-electron chi connectivity index (χ2n) is 4.93. The fraction of sp³-hybridized carbons (Fsp3) is 0.111. The third-order valence-corrected chi connectivity index (χ3v) is 3.53. The van der Waals surface area contributed by atoms with Crippen molar-refractivity contribution in [1.82, 2.24) is 10.3 Å². The number of methoxy groups -OCH3 is 1. The average molecular weight is 292 g/mol. The van der Waals surface area contributed by atoms with Crippen LogP contribution in [0.2, 0.25) is 0 Å². The summed E-state index contributed by atoms with van der Waals surface area (Å²) in [6, 6.07) is 15.1. The summed E-state index contributed by atoms with van der Waals surface area (Å²) in [5.41, 5.74) is 1.58. The molecule has 1 aromatic heterocycles. The van der Waals surface area contributed by atoms with Gasteiger partial charge < -0.3 is 10.1 Å². The van der Waals surface area contributed by atoms with E-state index in [0.717, 1.165) is 22.1 Å². The van der Waals surface area contributed by atoms with Gasteiger partial charge in [0.2, 0.25) is 0 Å². The van der Waals surface area contributed by atoms with Gasteiger partial charge in [0.05, 0.1) is 7.11 Å². The number of para-hydroxylation sites is 1. The summed E-state index contributed by atoms with van der Waals surface area (Å²) in [5, 5.41) is 4.94. The van der Waals surface area contributed by atoms with E-state index in [1.807, 2.05) is 48.5 Å². The molecule has 1 N–H and O–H groups in total. The first-order valence-electron chi connectivity index (χ1n) is 7.02. The van der Waals surface area contributed by atoms with E-state index in [-0.39, 0.29) is 5.91 Å². The molecule has 0 saturated carbocycles. The highest BCUT2D eigenvalue weighted by Crippen LogP contribution is 2.18. The number of nitrogens with zero attached hydrogens (tertiary/aromatic N) is 1. The minimum atomic E-state index is -0.107. The molecule has 0 atom stereocenters. The molecule has 3 aromatic rings. The SMILES string of the molecule is COc1ccccc1CNC(=O)c1ccc2cnccc2c1. The average Bonchev–Trinajstić information content (AvgIpc) is 2.59. The lowest BCUT2D eigenvalue weighted by molar-refractivity contribution is 0.0951. The molecule has 1 heterocycles. The van der Waals surface area contributed by atoms with E-state index in [4.69, 9.17) is 4.74 Å². The maximum Gasteiger partial charge on any atom is 0.251 e. The number of carbonyl (C=O) groups excluding carboxylic acids is 1. The standard InChI is InChI=1S/C18H16N2O2/c1-22-17-5-3-2-4-16(17)12-20-18(21)14-6-7-15-11-19-9-8-13(15)10-14/h2-11H,12H2,1H3,(H,20,21). The third kappa shape index (κ3) is 2.91. The zero-order valence-corrected chi connectivity index (χ0v) is 12.2. The predicted molar refractivity (Wildman–Crippen MR) is 85.9 cm³/mol. The van der Waals surface area contributed by atoms with Gasteiger partial charge in [0.15, 0.2) is 0 Å². The maximum absolute atomic E-state index is 12.3. The number of pyridine rings is 1. The minimum absolute atomic E-state index is 0.107. The van der Waals surface area contributed by atoms with Gasteiger partial charge >= 0.3 is 0 Å². The van der Waals surface area contributed by atoms with Crippen LogP contribution in [-0.2, 0) is 6.54 Å². The van der Waals surface area contributed by atoms with E-state index < -0.39 is 0 Å². The molecule has 0 fully saturated rings. The number of nitrogens with one attached hydrogen (secondary N) is 1. The number of aromatic nitrogens is 1. The Morgan fingerprint density at radius 2 is 2.00 bits per heavy atom. The zero-order chi connectivity index (χ0) is 15.4. The van der Waals surface area contributed by atoms with Crippen molar-refractivity contribution in [2.45, 2.75) is 6.54 Å². The van der Waals surface area contributed by atoms with E-state index in [1.54, 1.807) is 19.5 Å². The molecule has 0 spiro atoms. The Hall–Kier alpha value is -2.88. The summed E-state index contributed by atoms with van der Waals surface area (Å²) in [6.07, 6.45) is 3.50. The van der Waals surface area contributed by atoms with Gasteiger partial charge in [-0.2, -0.15) is 0 Å². The largest absolute Gasteiger partial charge is 0.496 e. The maximum atomic E-state index is 12.3. The van der Waals surface area contributed by atoms with Crippen LogP contribution in [0.25, 0.3) is 10.8 Å². The molecule has 0 unspecified atom stereocenters. The molecule has 0 aliphatic carbocycles. The van der Waals surface area contributed by atoms with Gasteiger partial charge in [-0.3, -0.25) is 9.78 Å². The summed E-state index contributed by atoms with van der Waals surface area (Å²) in [7, 11) is 1.62. The van der Waals surface area contributed by atoms with Gasteiger partial charge in [0, 0.05) is 35.5 Å². The molecule has 0 radical (unpaired) electrons. The highest BCUT2D eigenvalue weighted by atomic mass is 16.5. The lowest BCUT2D eigenvalue weighted by Gasteiger charge is -2.10. The van der Waals surface area contributed by atoms with Crippen LogP contribution in [0.4, 0.5) is 0 Å². The number of fused-ring (bicyclic) bond motifs is 1. The van der Waals surface area contributed by atoms with Crippen LogP contribution in [0.15, 0.2) is 60.9 Å². The number of carbonyl (C=O) groups is 1. The van der Waals surface area contributed by atoms with Crippen molar-refractivity contribution < 1.29 is 9.53 Å². The van der Waals surface area contributed by atoms with E-state index in [0.29, 0.717) is 12.1 Å².